The smallest absolute Gasteiger partial charge is 0.313 e. The van der Waals surface area contributed by atoms with E-state index in [0.717, 1.165) is 17.3 Å². The summed E-state index contributed by atoms with van der Waals surface area (Å²) in [6, 6.07) is 4.72. The third-order valence-corrected chi connectivity index (χ3v) is 3.92. The lowest BCUT2D eigenvalue weighted by molar-refractivity contribution is -0.133. The quantitative estimate of drug-likeness (QED) is 0.864. The van der Waals surface area contributed by atoms with Crippen LogP contribution >= 0.6 is 11.8 Å². The average molecular weight is 283 g/mol. The molecule has 0 aromatic heterocycles. The van der Waals surface area contributed by atoms with Gasteiger partial charge in [-0.3, -0.25) is 9.59 Å². The Labute approximate surface area is 114 Å². The number of carbonyl (C=O) groups is 2. The highest BCUT2D eigenvalue weighted by Gasteiger charge is 2.25. The number of thioether (sulfide) groups is 1. The van der Waals surface area contributed by atoms with Crippen LogP contribution in [0.5, 0.6) is 0 Å². The summed E-state index contributed by atoms with van der Waals surface area (Å²) in [7, 11) is 0. The number of hydrogen-bond acceptors (Lipinski definition) is 3. The zero-order valence-corrected chi connectivity index (χ0v) is 11.0. The first kappa shape index (κ1) is 13.9. The van der Waals surface area contributed by atoms with Crippen molar-refractivity contribution in [3.63, 3.8) is 0 Å². The Balaban J connectivity index is 1.90. The van der Waals surface area contributed by atoms with Crippen LogP contribution < -0.4 is 5.32 Å². The van der Waals surface area contributed by atoms with Crippen molar-refractivity contribution in [3.05, 3.63) is 35.1 Å². The molecule has 0 fully saturated rings. The summed E-state index contributed by atoms with van der Waals surface area (Å²) in [4.78, 5) is 22.0. The highest BCUT2D eigenvalue weighted by Crippen LogP contribution is 2.32. The molecule has 2 rings (SSSR count). The fourth-order valence-corrected chi connectivity index (χ4v) is 2.77. The normalized spacial score (nSPS) is 17.0. The SMILES string of the molecule is O=C(O)CSCC(=O)NC1CCc2c(F)cccc21. The number of fused-ring (bicyclic) bond motifs is 1. The van der Waals surface area contributed by atoms with Gasteiger partial charge in [-0.25, -0.2) is 4.39 Å². The van der Waals surface area contributed by atoms with Crippen LogP contribution in [0.1, 0.15) is 23.6 Å². The average Bonchev–Trinajstić information content (AvgIpc) is 2.73. The summed E-state index contributed by atoms with van der Waals surface area (Å²) in [6.45, 7) is 0. The van der Waals surface area contributed by atoms with Crippen LogP contribution in [0.3, 0.4) is 0 Å². The number of halogens is 1. The lowest BCUT2D eigenvalue weighted by Gasteiger charge is -2.13. The van der Waals surface area contributed by atoms with Gasteiger partial charge in [-0.15, -0.1) is 11.8 Å². The minimum Gasteiger partial charge on any atom is -0.481 e. The first-order chi connectivity index (χ1) is 9.08. The monoisotopic (exact) mass is 283 g/mol. The fraction of sp³-hybridized carbons (Fsp3) is 0.385. The van der Waals surface area contributed by atoms with Crippen molar-refractivity contribution < 1.29 is 19.1 Å². The van der Waals surface area contributed by atoms with Gasteiger partial charge in [0.25, 0.3) is 0 Å². The number of nitrogens with one attached hydrogen (secondary N) is 1. The zero-order valence-electron chi connectivity index (χ0n) is 10.2. The predicted octanol–water partition coefficient (Wildman–Crippen LogP) is 1.75. The first-order valence-corrected chi connectivity index (χ1v) is 7.09. The van der Waals surface area contributed by atoms with Crippen molar-refractivity contribution in [1.29, 1.82) is 0 Å². The molecule has 1 aromatic carbocycles. The maximum Gasteiger partial charge on any atom is 0.313 e. The van der Waals surface area contributed by atoms with Crippen LogP contribution in [0.25, 0.3) is 0 Å². The van der Waals surface area contributed by atoms with Crippen molar-refractivity contribution in [3.8, 4) is 0 Å². The van der Waals surface area contributed by atoms with Crippen molar-refractivity contribution >= 4 is 23.6 Å². The fourth-order valence-electron chi connectivity index (χ4n) is 2.23. The molecule has 0 heterocycles. The van der Waals surface area contributed by atoms with Gasteiger partial charge in [-0.1, -0.05) is 12.1 Å². The van der Waals surface area contributed by atoms with E-state index in [2.05, 4.69) is 5.32 Å². The zero-order chi connectivity index (χ0) is 13.8. The Bertz CT molecular complexity index is 507. The Kier molecular flexibility index (Phi) is 4.42. The molecule has 1 unspecified atom stereocenters. The van der Waals surface area contributed by atoms with Crippen LogP contribution in [0, 0.1) is 5.82 Å². The van der Waals surface area contributed by atoms with E-state index in [1.165, 1.54) is 6.07 Å². The molecule has 1 aliphatic rings. The van der Waals surface area contributed by atoms with E-state index >= 15 is 0 Å². The van der Waals surface area contributed by atoms with Crippen molar-refractivity contribution in [2.24, 2.45) is 0 Å². The first-order valence-electron chi connectivity index (χ1n) is 5.94. The molecule has 6 heteroatoms. The van der Waals surface area contributed by atoms with Gasteiger partial charge < -0.3 is 10.4 Å². The lowest BCUT2D eigenvalue weighted by Crippen LogP contribution is -2.29. The van der Waals surface area contributed by atoms with Gasteiger partial charge in [0.05, 0.1) is 17.5 Å². The number of amides is 1. The van der Waals surface area contributed by atoms with E-state index in [1.807, 2.05) is 6.07 Å². The Hall–Kier alpha value is -1.56. The minimum absolute atomic E-state index is 0.0939. The minimum atomic E-state index is -0.939. The van der Waals surface area contributed by atoms with E-state index in [9.17, 15) is 14.0 Å². The van der Waals surface area contributed by atoms with Crippen LogP contribution in [-0.4, -0.2) is 28.5 Å². The highest BCUT2D eigenvalue weighted by molar-refractivity contribution is 8.00. The largest absolute Gasteiger partial charge is 0.481 e. The molecule has 0 saturated heterocycles. The molecule has 0 radical (unpaired) electrons. The van der Waals surface area contributed by atoms with Gasteiger partial charge >= 0.3 is 5.97 Å². The molecule has 0 bridgehead atoms. The Morgan fingerprint density at radius 2 is 2.21 bits per heavy atom. The molecule has 0 spiro atoms. The van der Waals surface area contributed by atoms with E-state index < -0.39 is 5.97 Å². The van der Waals surface area contributed by atoms with E-state index in [4.69, 9.17) is 5.11 Å². The van der Waals surface area contributed by atoms with Crippen LogP contribution in [0.15, 0.2) is 18.2 Å². The van der Waals surface area contributed by atoms with Gasteiger partial charge in [0.2, 0.25) is 5.91 Å². The molecule has 0 saturated carbocycles. The van der Waals surface area contributed by atoms with Gasteiger partial charge in [0.1, 0.15) is 5.82 Å². The molecule has 1 aliphatic carbocycles. The van der Waals surface area contributed by atoms with Crippen LogP contribution in [0.2, 0.25) is 0 Å². The lowest BCUT2D eigenvalue weighted by atomic mass is 10.1. The molecule has 1 atom stereocenters. The summed E-state index contributed by atoms with van der Waals surface area (Å²) in [5.41, 5.74) is 1.50. The standard InChI is InChI=1S/C13H14FNO3S/c14-10-3-1-2-9-8(10)4-5-11(9)15-12(16)6-19-7-13(17)18/h1-3,11H,4-7H2,(H,15,16)(H,17,18). The predicted molar refractivity (Wildman–Crippen MR) is 70.6 cm³/mol. The molecule has 1 amide bonds. The number of benzene rings is 1. The van der Waals surface area contributed by atoms with E-state index in [1.54, 1.807) is 6.07 Å². The number of carboxylic acid groups (broad SMARTS) is 1. The summed E-state index contributed by atoms with van der Waals surface area (Å²) in [6.07, 6.45) is 1.31. The van der Waals surface area contributed by atoms with E-state index in [0.29, 0.717) is 18.4 Å². The number of hydrogen-bond donors (Lipinski definition) is 2. The third kappa shape index (κ3) is 3.47. The van der Waals surface area contributed by atoms with Gasteiger partial charge in [0.15, 0.2) is 0 Å². The highest BCUT2D eigenvalue weighted by atomic mass is 32.2. The maximum atomic E-state index is 13.5. The van der Waals surface area contributed by atoms with Gasteiger partial charge in [-0.2, -0.15) is 0 Å². The molecule has 19 heavy (non-hydrogen) atoms. The molecule has 4 nitrogen and oxygen atoms in total. The third-order valence-electron chi connectivity index (χ3n) is 3.01. The van der Waals surface area contributed by atoms with Crippen molar-refractivity contribution in [2.45, 2.75) is 18.9 Å². The maximum absolute atomic E-state index is 13.5. The van der Waals surface area contributed by atoms with Gasteiger partial charge in [-0.05, 0) is 30.0 Å². The second-order valence-electron chi connectivity index (χ2n) is 4.35. The molecular weight excluding hydrogens is 269 g/mol. The summed E-state index contributed by atoms with van der Waals surface area (Å²) >= 11 is 1.05. The number of rotatable bonds is 5. The second-order valence-corrected chi connectivity index (χ2v) is 5.34. The van der Waals surface area contributed by atoms with Crippen molar-refractivity contribution in [2.75, 3.05) is 11.5 Å². The summed E-state index contributed by atoms with van der Waals surface area (Å²) in [5.74, 6) is -1.37. The molecule has 2 N–H and O–H groups in total. The molecule has 0 aliphatic heterocycles. The van der Waals surface area contributed by atoms with Crippen LogP contribution in [0.4, 0.5) is 4.39 Å². The molecular formula is C13H14FNO3S. The Morgan fingerprint density at radius 3 is 2.95 bits per heavy atom. The second kappa shape index (κ2) is 6.06. The van der Waals surface area contributed by atoms with Gasteiger partial charge in [0, 0.05) is 0 Å². The van der Waals surface area contributed by atoms with Crippen molar-refractivity contribution in [1.82, 2.24) is 5.32 Å². The topological polar surface area (TPSA) is 66.4 Å². The summed E-state index contributed by atoms with van der Waals surface area (Å²) in [5, 5.41) is 11.3. The summed E-state index contributed by atoms with van der Waals surface area (Å²) < 4.78 is 13.5. The number of carboxylic acids is 1. The molecule has 102 valence electrons. The van der Waals surface area contributed by atoms with E-state index in [-0.39, 0.29) is 29.3 Å². The van der Waals surface area contributed by atoms with Crippen LogP contribution in [-0.2, 0) is 16.0 Å². The number of carbonyl (C=O) groups excluding carboxylic acids is 1. The molecule has 1 aromatic rings. The number of aliphatic carboxylic acids is 1. The Morgan fingerprint density at radius 1 is 1.42 bits per heavy atom.